The van der Waals surface area contributed by atoms with Gasteiger partial charge in [-0.1, -0.05) is 49.9 Å². The number of thioether (sulfide) groups is 1. The first-order valence-electron chi connectivity index (χ1n) is 14.5. The van der Waals surface area contributed by atoms with Crippen molar-refractivity contribution in [3.8, 4) is 22.8 Å². The number of hydrogen-bond acceptors (Lipinski definition) is 5. The second-order valence-corrected chi connectivity index (χ2v) is 12.0. The summed E-state index contributed by atoms with van der Waals surface area (Å²) in [6.07, 6.45) is -2.38. The maximum Gasteiger partial charge on any atom is 0.573 e. The molecule has 1 N–H and O–H groups in total. The van der Waals surface area contributed by atoms with Crippen LogP contribution in [0.15, 0.2) is 83.7 Å². The van der Waals surface area contributed by atoms with Crippen LogP contribution in [-0.2, 0) is 0 Å². The summed E-state index contributed by atoms with van der Waals surface area (Å²) in [5, 5.41) is 7.90. The lowest BCUT2D eigenvalue weighted by Crippen LogP contribution is -2.36. The summed E-state index contributed by atoms with van der Waals surface area (Å²) in [7, 11) is 0. The highest BCUT2D eigenvalue weighted by Crippen LogP contribution is 2.33. The molecule has 0 unspecified atom stereocenters. The Morgan fingerprint density at radius 1 is 1.04 bits per heavy atom. The van der Waals surface area contributed by atoms with Crippen molar-refractivity contribution in [1.29, 1.82) is 0 Å². The fourth-order valence-electron chi connectivity index (χ4n) is 4.88. The molecule has 1 aliphatic rings. The Labute approximate surface area is 268 Å². The molecule has 46 heavy (non-hydrogen) atoms. The van der Waals surface area contributed by atoms with E-state index in [4.69, 9.17) is 0 Å². The van der Waals surface area contributed by atoms with Crippen LogP contribution in [0.1, 0.15) is 51.2 Å². The summed E-state index contributed by atoms with van der Waals surface area (Å²) >= 11 is 1.50. The second-order valence-electron chi connectivity index (χ2n) is 10.9. The van der Waals surface area contributed by atoms with Gasteiger partial charge in [-0.25, -0.2) is 18.9 Å². The number of nitrogens with zero attached hydrogens (tertiary/aromatic N) is 5. The van der Waals surface area contributed by atoms with E-state index in [-0.39, 0.29) is 17.5 Å². The first-order chi connectivity index (χ1) is 21.9. The van der Waals surface area contributed by atoms with Gasteiger partial charge in [0.2, 0.25) is 0 Å². The number of hydrogen-bond donors (Lipinski definition) is 1. The molecule has 1 fully saturated rings. The van der Waals surface area contributed by atoms with Gasteiger partial charge in [0.15, 0.2) is 11.0 Å². The number of amides is 2. The van der Waals surface area contributed by atoms with Crippen LogP contribution >= 0.6 is 11.8 Å². The molecule has 13 heteroatoms. The number of carbonyl (C=O) groups excluding carboxylic acids is 1. The maximum absolute atomic E-state index is 14.0. The maximum atomic E-state index is 14.0. The number of carbonyl (C=O) groups is 1. The quantitative estimate of drug-likeness (QED) is 0.202. The number of allylic oxidation sites excluding steroid dienone is 2. The zero-order valence-corrected chi connectivity index (χ0v) is 26.4. The van der Waals surface area contributed by atoms with E-state index < -0.39 is 12.4 Å². The highest BCUT2D eigenvalue weighted by molar-refractivity contribution is 8.14. The monoisotopic (exact) mass is 652 g/mol. The van der Waals surface area contributed by atoms with Gasteiger partial charge in [-0.3, -0.25) is 0 Å². The topological polar surface area (TPSA) is 84.6 Å². The number of nitrogens with one attached hydrogen (secondary N) is 1. The van der Waals surface area contributed by atoms with Crippen LogP contribution < -0.4 is 15.0 Å². The van der Waals surface area contributed by atoms with Crippen LogP contribution in [0.2, 0.25) is 0 Å². The molecule has 1 saturated heterocycles. The van der Waals surface area contributed by atoms with Gasteiger partial charge in [0.1, 0.15) is 17.9 Å². The normalized spacial score (nSPS) is 15.2. The van der Waals surface area contributed by atoms with Crippen molar-refractivity contribution in [2.45, 2.75) is 46.4 Å². The number of alkyl halides is 3. The molecule has 2 amide bonds. The second kappa shape index (κ2) is 13.8. The molecule has 0 aliphatic carbocycles. The SMILES string of the molecule is C/C(NC(=O)/N=C1\SCCCN1c1ccc(F)cc1C(C)C)=C(/C)c1ccc(-c2ncn(-c3ccc(OC(F)(F)F)cc3)n2)cc1. The lowest BCUT2D eigenvalue weighted by Gasteiger charge is -2.32. The van der Waals surface area contributed by atoms with Gasteiger partial charge >= 0.3 is 12.4 Å². The molecule has 0 bridgehead atoms. The Kier molecular flexibility index (Phi) is 9.80. The molecule has 8 nitrogen and oxygen atoms in total. The fraction of sp³-hybridized carbons (Fsp3) is 0.273. The van der Waals surface area contributed by atoms with Crippen molar-refractivity contribution in [1.82, 2.24) is 20.1 Å². The van der Waals surface area contributed by atoms with Crippen LogP contribution in [0.3, 0.4) is 0 Å². The molecule has 0 radical (unpaired) electrons. The number of benzene rings is 3. The van der Waals surface area contributed by atoms with E-state index in [1.165, 1.54) is 53.1 Å². The third kappa shape index (κ3) is 7.94. The van der Waals surface area contributed by atoms with Crippen LogP contribution in [0.5, 0.6) is 5.75 Å². The summed E-state index contributed by atoms with van der Waals surface area (Å²) < 4.78 is 56.7. The van der Waals surface area contributed by atoms with E-state index in [0.29, 0.717) is 28.9 Å². The fourth-order valence-corrected chi connectivity index (χ4v) is 5.83. The highest BCUT2D eigenvalue weighted by atomic mass is 32.2. The molecule has 1 aromatic heterocycles. The summed E-state index contributed by atoms with van der Waals surface area (Å²) in [6, 6.07) is 17.0. The van der Waals surface area contributed by atoms with E-state index in [1.54, 1.807) is 19.1 Å². The minimum atomic E-state index is -4.76. The van der Waals surface area contributed by atoms with E-state index in [1.807, 2.05) is 49.9 Å². The standard InChI is InChI=1S/C33H32F4N6O2S/c1-20(2)28-18-25(34)10-15-29(28)42-16-5-17-46-32(42)40-31(44)39-22(4)21(3)23-6-8-24(9-7-23)30-38-19-43(41-30)26-11-13-27(14-12-26)45-33(35,36)37/h6-15,18-20H,5,16-17H2,1-4H3,(H,39,44)/b22-21+,40-32-. The summed E-state index contributed by atoms with van der Waals surface area (Å²) in [5.74, 6) is 0.740. The molecule has 3 aromatic carbocycles. The van der Waals surface area contributed by atoms with Gasteiger partial charge < -0.3 is 15.0 Å². The van der Waals surface area contributed by atoms with Crippen molar-refractivity contribution >= 4 is 34.2 Å². The van der Waals surface area contributed by atoms with Gasteiger partial charge in [0, 0.05) is 29.2 Å². The van der Waals surface area contributed by atoms with Crippen molar-refractivity contribution in [3.63, 3.8) is 0 Å². The number of rotatable bonds is 7. The number of aromatic nitrogens is 3. The average molecular weight is 653 g/mol. The van der Waals surface area contributed by atoms with Crippen LogP contribution in [0.4, 0.5) is 28.0 Å². The number of ether oxygens (including phenoxy) is 1. The van der Waals surface area contributed by atoms with Gasteiger partial charge in [-0.05, 0) is 85.4 Å². The molecule has 0 atom stereocenters. The van der Waals surface area contributed by atoms with Crippen molar-refractivity contribution < 1.29 is 27.1 Å². The largest absolute Gasteiger partial charge is 0.573 e. The van der Waals surface area contributed by atoms with E-state index in [2.05, 4.69) is 25.1 Å². The predicted molar refractivity (Wildman–Crippen MR) is 173 cm³/mol. The highest BCUT2D eigenvalue weighted by Gasteiger charge is 2.31. The third-order valence-corrected chi connectivity index (χ3v) is 8.41. The van der Waals surface area contributed by atoms with Crippen molar-refractivity contribution in [3.05, 3.63) is 95.7 Å². The molecule has 4 aromatic rings. The summed E-state index contributed by atoms with van der Waals surface area (Å²) in [5.41, 5.74) is 5.32. The van der Waals surface area contributed by atoms with E-state index in [0.717, 1.165) is 40.1 Å². The van der Waals surface area contributed by atoms with Crippen LogP contribution in [-0.4, -0.2) is 44.6 Å². The number of anilines is 1. The Morgan fingerprint density at radius 2 is 1.76 bits per heavy atom. The van der Waals surface area contributed by atoms with Crippen molar-refractivity contribution in [2.24, 2.45) is 4.99 Å². The lowest BCUT2D eigenvalue weighted by molar-refractivity contribution is -0.274. The van der Waals surface area contributed by atoms with Crippen LogP contribution in [0.25, 0.3) is 22.6 Å². The van der Waals surface area contributed by atoms with E-state index in [9.17, 15) is 22.4 Å². The number of urea groups is 1. The molecule has 0 saturated carbocycles. The molecular weight excluding hydrogens is 620 g/mol. The Balaban J connectivity index is 1.27. The first kappa shape index (κ1) is 32.7. The molecular formula is C33H32F4N6O2S. The number of amidine groups is 1. The summed E-state index contributed by atoms with van der Waals surface area (Å²) in [4.78, 5) is 23.7. The van der Waals surface area contributed by atoms with Gasteiger partial charge in [-0.15, -0.1) is 18.3 Å². The average Bonchev–Trinajstić information content (AvgIpc) is 3.51. The number of halogens is 4. The minimum absolute atomic E-state index is 0.0981. The lowest BCUT2D eigenvalue weighted by atomic mass is 10.00. The summed E-state index contributed by atoms with van der Waals surface area (Å²) in [6.45, 7) is 8.40. The molecule has 1 aliphatic heterocycles. The van der Waals surface area contributed by atoms with Crippen molar-refractivity contribution in [2.75, 3.05) is 17.2 Å². The molecule has 240 valence electrons. The van der Waals surface area contributed by atoms with Crippen LogP contribution in [0, 0.1) is 5.82 Å². The zero-order chi connectivity index (χ0) is 33.0. The molecule has 2 heterocycles. The smallest absolute Gasteiger partial charge is 0.406 e. The van der Waals surface area contributed by atoms with E-state index >= 15 is 0 Å². The Morgan fingerprint density at radius 3 is 2.43 bits per heavy atom. The molecule has 5 rings (SSSR count). The zero-order valence-electron chi connectivity index (χ0n) is 25.6. The van der Waals surface area contributed by atoms with Gasteiger partial charge in [0.25, 0.3) is 0 Å². The molecule has 0 spiro atoms. The third-order valence-electron chi connectivity index (χ3n) is 7.35. The van der Waals surface area contributed by atoms with Gasteiger partial charge in [-0.2, -0.15) is 4.99 Å². The number of aliphatic imine (C=N–C) groups is 1. The van der Waals surface area contributed by atoms with Gasteiger partial charge in [0.05, 0.1) is 5.69 Å². The Hall–Kier alpha value is -4.65. The first-order valence-corrected chi connectivity index (χ1v) is 15.5. The minimum Gasteiger partial charge on any atom is -0.406 e. The predicted octanol–water partition coefficient (Wildman–Crippen LogP) is 8.56. The Bertz CT molecular complexity index is 1770.